The summed E-state index contributed by atoms with van der Waals surface area (Å²) in [6, 6.07) is 3.42. The first-order valence-electron chi connectivity index (χ1n) is 6.58. The average molecular weight is 319 g/mol. The normalized spacial score (nSPS) is 11.5. The van der Waals surface area contributed by atoms with Gasteiger partial charge in [0.2, 0.25) is 10.0 Å². The molecule has 0 bridgehead atoms. The molecule has 0 aliphatic heterocycles. The zero-order chi connectivity index (χ0) is 15.0. The van der Waals surface area contributed by atoms with Crippen LogP contribution in [0.25, 0.3) is 0 Å². The van der Waals surface area contributed by atoms with Gasteiger partial charge in [-0.1, -0.05) is 12.8 Å². The molecule has 0 radical (unpaired) electrons. The molecule has 1 rings (SSSR count). The number of carbonyl (C=O) groups excluding carboxylic acids is 1. The highest BCUT2D eigenvalue weighted by atomic mass is 32.2. The number of aryl methyl sites for hydroxylation is 1. The molecule has 1 N–H and O–H groups in total. The molecule has 1 heterocycles. The molecule has 0 saturated heterocycles. The van der Waals surface area contributed by atoms with Crippen LogP contribution in [0.4, 0.5) is 0 Å². The molecule has 1 aromatic heterocycles. The van der Waals surface area contributed by atoms with Gasteiger partial charge < -0.3 is 4.74 Å². The quantitative estimate of drug-likeness (QED) is 0.560. The van der Waals surface area contributed by atoms with Gasteiger partial charge in [0.25, 0.3) is 0 Å². The van der Waals surface area contributed by atoms with Crippen LogP contribution in [0.1, 0.15) is 37.0 Å². The molecule has 0 fully saturated rings. The largest absolute Gasteiger partial charge is 0.469 e. The summed E-state index contributed by atoms with van der Waals surface area (Å²) in [5.41, 5.74) is 0. The molecule has 114 valence electrons. The molecule has 0 amide bonds. The maximum absolute atomic E-state index is 11.9. The number of ether oxygens (including phenoxy) is 1. The van der Waals surface area contributed by atoms with Crippen molar-refractivity contribution in [1.29, 1.82) is 0 Å². The first-order valence-corrected chi connectivity index (χ1v) is 8.88. The Morgan fingerprint density at radius 3 is 2.55 bits per heavy atom. The van der Waals surface area contributed by atoms with E-state index >= 15 is 0 Å². The Morgan fingerprint density at radius 1 is 1.25 bits per heavy atom. The third kappa shape index (κ3) is 6.02. The second-order valence-electron chi connectivity index (χ2n) is 4.50. The third-order valence-corrected chi connectivity index (χ3v) is 5.76. The van der Waals surface area contributed by atoms with Crippen molar-refractivity contribution in [2.45, 2.75) is 43.2 Å². The van der Waals surface area contributed by atoms with E-state index in [2.05, 4.69) is 9.46 Å². The lowest BCUT2D eigenvalue weighted by Gasteiger charge is -2.04. The minimum absolute atomic E-state index is 0.196. The molecule has 0 unspecified atom stereocenters. The predicted octanol–water partition coefficient (Wildman–Crippen LogP) is 2.46. The SMILES string of the molecule is COC(=O)CCCCCCNS(=O)(=O)c1ccc(C)s1. The zero-order valence-corrected chi connectivity index (χ0v) is 13.5. The van der Waals surface area contributed by atoms with E-state index in [1.807, 2.05) is 6.92 Å². The number of unbranched alkanes of at least 4 members (excludes halogenated alkanes) is 3. The van der Waals surface area contributed by atoms with Gasteiger partial charge in [0.15, 0.2) is 0 Å². The maximum atomic E-state index is 11.9. The van der Waals surface area contributed by atoms with Crippen LogP contribution >= 0.6 is 11.3 Å². The van der Waals surface area contributed by atoms with Gasteiger partial charge in [-0.15, -0.1) is 11.3 Å². The summed E-state index contributed by atoms with van der Waals surface area (Å²) in [6.45, 7) is 2.31. The highest BCUT2D eigenvalue weighted by molar-refractivity contribution is 7.91. The van der Waals surface area contributed by atoms with E-state index in [1.54, 1.807) is 12.1 Å². The standard InChI is InChI=1S/C13H21NO4S2/c1-11-8-9-13(19-11)20(16,17)14-10-6-4-3-5-7-12(15)18-2/h8-9,14H,3-7,10H2,1-2H3. The van der Waals surface area contributed by atoms with E-state index in [9.17, 15) is 13.2 Å². The number of hydrogen-bond acceptors (Lipinski definition) is 5. The Hall–Kier alpha value is -0.920. The van der Waals surface area contributed by atoms with E-state index in [-0.39, 0.29) is 5.97 Å². The number of rotatable bonds is 9. The number of thiophene rings is 1. The van der Waals surface area contributed by atoms with Gasteiger partial charge in [0.05, 0.1) is 7.11 Å². The zero-order valence-electron chi connectivity index (χ0n) is 11.8. The number of esters is 1. The summed E-state index contributed by atoms with van der Waals surface area (Å²) in [5.74, 6) is -0.196. The Kier molecular flexibility index (Phi) is 7.18. The van der Waals surface area contributed by atoms with Crippen molar-refractivity contribution in [2.75, 3.05) is 13.7 Å². The summed E-state index contributed by atoms with van der Waals surface area (Å²) in [7, 11) is -1.98. The van der Waals surface area contributed by atoms with Crippen molar-refractivity contribution in [2.24, 2.45) is 0 Å². The monoisotopic (exact) mass is 319 g/mol. The van der Waals surface area contributed by atoms with Crippen molar-refractivity contribution in [1.82, 2.24) is 4.72 Å². The molecule has 0 saturated carbocycles. The number of sulfonamides is 1. The van der Waals surface area contributed by atoms with E-state index in [4.69, 9.17) is 0 Å². The fourth-order valence-electron chi connectivity index (χ4n) is 1.68. The Labute approximate surface area is 124 Å². The number of hydrogen-bond donors (Lipinski definition) is 1. The van der Waals surface area contributed by atoms with Crippen LogP contribution in [0.15, 0.2) is 16.3 Å². The second-order valence-corrected chi connectivity index (χ2v) is 7.78. The van der Waals surface area contributed by atoms with Crippen LogP contribution < -0.4 is 4.72 Å². The van der Waals surface area contributed by atoms with Gasteiger partial charge in [-0.2, -0.15) is 0 Å². The molecule has 0 aliphatic carbocycles. The van der Waals surface area contributed by atoms with Gasteiger partial charge in [0, 0.05) is 17.8 Å². The van der Waals surface area contributed by atoms with E-state index in [0.29, 0.717) is 17.2 Å². The number of carbonyl (C=O) groups is 1. The van der Waals surface area contributed by atoms with Crippen molar-refractivity contribution >= 4 is 27.3 Å². The van der Waals surface area contributed by atoms with E-state index in [1.165, 1.54) is 18.4 Å². The molecular weight excluding hydrogens is 298 g/mol. The molecule has 0 spiro atoms. The maximum Gasteiger partial charge on any atom is 0.305 e. The molecular formula is C13H21NO4S2. The molecule has 0 atom stereocenters. The van der Waals surface area contributed by atoms with Crippen LogP contribution in [0.3, 0.4) is 0 Å². The van der Waals surface area contributed by atoms with Crippen LogP contribution in [0.2, 0.25) is 0 Å². The summed E-state index contributed by atoms with van der Waals surface area (Å²) >= 11 is 1.27. The Balaban J connectivity index is 2.16. The summed E-state index contributed by atoms with van der Waals surface area (Å²) in [4.78, 5) is 11.9. The third-order valence-electron chi connectivity index (χ3n) is 2.81. The number of methoxy groups -OCH3 is 1. The lowest BCUT2D eigenvalue weighted by atomic mass is 10.1. The molecule has 20 heavy (non-hydrogen) atoms. The van der Waals surface area contributed by atoms with Crippen LogP contribution in [-0.2, 0) is 19.6 Å². The highest BCUT2D eigenvalue weighted by Crippen LogP contribution is 2.20. The Morgan fingerprint density at radius 2 is 1.95 bits per heavy atom. The van der Waals surface area contributed by atoms with Crippen molar-refractivity contribution in [3.8, 4) is 0 Å². The van der Waals surface area contributed by atoms with Gasteiger partial charge in [-0.25, -0.2) is 13.1 Å². The first-order chi connectivity index (χ1) is 9.45. The summed E-state index contributed by atoms with van der Waals surface area (Å²) in [5, 5.41) is 0. The Bertz CT molecular complexity index is 522. The topological polar surface area (TPSA) is 72.5 Å². The fourth-order valence-corrected chi connectivity index (χ4v) is 4.09. The van der Waals surface area contributed by atoms with Gasteiger partial charge >= 0.3 is 5.97 Å². The second kappa shape index (κ2) is 8.39. The smallest absolute Gasteiger partial charge is 0.305 e. The first kappa shape index (κ1) is 17.1. The molecule has 5 nitrogen and oxygen atoms in total. The highest BCUT2D eigenvalue weighted by Gasteiger charge is 2.14. The predicted molar refractivity (Wildman–Crippen MR) is 79.3 cm³/mol. The van der Waals surface area contributed by atoms with E-state index < -0.39 is 10.0 Å². The average Bonchev–Trinajstić information content (AvgIpc) is 2.84. The minimum Gasteiger partial charge on any atom is -0.469 e. The minimum atomic E-state index is -3.36. The fraction of sp³-hybridized carbons (Fsp3) is 0.615. The van der Waals surface area contributed by atoms with Crippen LogP contribution in [-0.4, -0.2) is 28.0 Å². The van der Waals surface area contributed by atoms with Crippen molar-refractivity contribution in [3.63, 3.8) is 0 Å². The summed E-state index contributed by atoms with van der Waals surface area (Å²) < 4.78 is 31.3. The van der Waals surface area contributed by atoms with Crippen molar-refractivity contribution < 1.29 is 17.9 Å². The van der Waals surface area contributed by atoms with Gasteiger partial charge in [-0.3, -0.25) is 4.79 Å². The molecule has 0 aromatic carbocycles. The molecule has 0 aliphatic rings. The summed E-state index contributed by atoms with van der Waals surface area (Å²) in [6.07, 6.45) is 3.77. The number of nitrogens with one attached hydrogen (secondary N) is 1. The lowest BCUT2D eigenvalue weighted by molar-refractivity contribution is -0.140. The lowest BCUT2D eigenvalue weighted by Crippen LogP contribution is -2.23. The van der Waals surface area contributed by atoms with Crippen LogP contribution in [0.5, 0.6) is 0 Å². The molecule has 7 heteroatoms. The van der Waals surface area contributed by atoms with Crippen molar-refractivity contribution in [3.05, 3.63) is 17.0 Å². The molecule has 1 aromatic rings. The van der Waals surface area contributed by atoms with Gasteiger partial charge in [0.1, 0.15) is 4.21 Å². The van der Waals surface area contributed by atoms with Gasteiger partial charge in [-0.05, 0) is 31.9 Å². The van der Waals surface area contributed by atoms with E-state index in [0.717, 1.165) is 30.6 Å². The van der Waals surface area contributed by atoms with Crippen LogP contribution in [0, 0.1) is 6.92 Å².